The van der Waals surface area contributed by atoms with E-state index >= 15 is 0 Å². The summed E-state index contributed by atoms with van der Waals surface area (Å²) in [6.07, 6.45) is 1.56. The number of rotatable bonds is 5. The molecule has 0 aliphatic heterocycles. The number of amides is 1. The first-order valence-corrected chi connectivity index (χ1v) is 9.35. The Morgan fingerprint density at radius 3 is 2.61 bits per heavy atom. The highest BCUT2D eigenvalue weighted by Crippen LogP contribution is 2.22. The smallest absolute Gasteiger partial charge is 0.258 e. The number of anilines is 1. The van der Waals surface area contributed by atoms with Gasteiger partial charge < -0.3 is 9.88 Å². The average Bonchev–Trinajstić information content (AvgIpc) is 2.73. The molecule has 0 saturated heterocycles. The van der Waals surface area contributed by atoms with E-state index in [1.54, 1.807) is 18.0 Å². The number of H-pyrrole nitrogens is 1. The molecule has 0 unspecified atom stereocenters. The van der Waals surface area contributed by atoms with Gasteiger partial charge in [0.1, 0.15) is 5.82 Å². The summed E-state index contributed by atoms with van der Waals surface area (Å²) in [5.41, 5.74) is 1.42. The summed E-state index contributed by atoms with van der Waals surface area (Å²) in [7, 11) is 1.79. The van der Waals surface area contributed by atoms with E-state index in [1.807, 2.05) is 54.6 Å². The maximum Gasteiger partial charge on any atom is 0.258 e. The number of hydrogen-bond donors (Lipinski definition) is 1. The third-order valence-corrected chi connectivity index (χ3v) is 4.96. The predicted octanol–water partition coefficient (Wildman–Crippen LogP) is 4.06. The van der Waals surface area contributed by atoms with Gasteiger partial charge in [0.15, 0.2) is 0 Å². The van der Waals surface area contributed by atoms with Crippen LogP contribution in [0.5, 0.6) is 0 Å². The predicted molar refractivity (Wildman–Crippen MR) is 113 cm³/mol. The molecular weight excluding hydrogens is 350 g/mol. The number of nitrogens with zero attached hydrogens (tertiary/aromatic N) is 2. The molecule has 1 heterocycles. The molecule has 5 heteroatoms. The van der Waals surface area contributed by atoms with Crippen molar-refractivity contribution in [2.75, 3.05) is 11.9 Å². The molecule has 1 amide bonds. The fraction of sp³-hybridized carbons (Fsp3) is 0.174. The lowest BCUT2D eigenvalue weighted by Gasteiger charge is -2.18. The van der Waals surface area contributed by atoms with Crippen molar-refractivity contribution < 1.29 is 4.79 Å². The van der Waals surface area contributed by atoms with E-state index < -0.39 is 0 Å². The van der Waals surface area contributed by atoms with Crippen LogP contribution in [0.1, 0.15) is 18.7 Å². The molecule has 28 heavy (non-hydrogen) atoms. The molecule has 140 valence electrons. The monoisotopic (exact) mass is 371 g/mol. The van der Waals surface area contributed by atoms with Crippen LogP contribution in [-0.4, -0.2) is 22.9 Å². The first-order chi connectivity index (χ1) is 13.6. The summed E-state index contributed by atoms with van der Waals surface area (Å²) in [6, 6.07) is 21.4. The molecule has 0 saturated carbocycles. The van der Waals surface area contributed by atoms with Gasteiger partial charge in [0.25, 0.3) is 5.56 Å². The molecule has 5 nitrogen and oxygen atoms in total. The zero-order chi connectivity index (χ0) is 19.5. The first-order valence-electron chi connectivity index (χ1n) is 9.35. The molecule has 0 aliphatic rings. The summed E-state index contributed by atoms with van der Waals surface area (Å²) in [4.78, 5) is 33.7. The minimum absolute atomic E-state index is 0.0402. The normalized spacial score (nSPS) is 11.0. The van der Waals surface area contributed by atoms with Crippen LogP contribution in [-0.2, 0) is 11.2 Å². The van der Waals surface area contributed by atoms with Crippen molar-refractivity contribution in [1.82, 2.24) is 9.97 Å². The van der Waals surface area contributed by atoms with Crippen molar-refractivity contribution in [2.24, 2.45) is 0 Å². The number of benzene rings is 3. The Balaban J connectivity index is 1.41. The molecule has 0 atom stereocenters. The number of carbonyl (C=O) groups excluding carboxylic acids is 1. The van der Waals surface area contributed by atoms with Crippen LogP contribution in [0.2, 0.25) is 0 Å². The van der Waals surface area contributed by atoms with E-state index in [9.17, 15) is 9.59 Å². The molecule has 0 fully saturated rings. The molecule has 0 bridgehead atoms. The quantitative estimate of drug-likeness (QED) is 0.575. The van der Waals surface area contributed by atoms with Crippen LogP contribution in [0.3, 0.4) is 0 Å². The van der Waals surface area contributed by atoms with Gasteiger partial charge in [-0.25, -0.2) is 4.98 Å². The Morgan fingerprint density at radius 2 is 1.75 bits per heavy atom. The molecular formula is C23H21N3O2. The number of para-hydroxylation sites is 1. The van der Waals surface area contributed by atoms with Crippen LogP contribution < -0.4 is 10.5 Å². The van der Waals surface area contributed by atoms with Gasteiger partial charge in [-0.3, -0.25) is 9.59 Å². The maximum absolute atomic E-state index is 12.6. The highest BCUT2D eigenvalue weighted by Gasteiger charge is 2.12. The van der Waals surface area contributed by atoms with Crippen molar-refractivity contribution in [3.63, 3.8) is 0 Å². The van der Waals surface area contributed by atoms with Crippen LogP contribution in [0, 0.1) is 0 Å². The Hall–Kier alpha value is -3.47. The third-order valence-electron chi connectivity index (χ3n) is 4.96. The second-order valence-electron chi connectivity index (χ2n) is 6.87. The van der Waals surface area contributed by atoms with Crippen molar-refractivity contribution in [3.8, 4) is 0 Å². The van der Waals surface area contributed by atoms with Gasteiger partial charge in [0.2, 0.25) is 5.91 Å². The SMILES string of the molecule is CN(C(=O)CCCc1nc2ccccc2c(=O)[nH]1)c1ccc2ccccc2c1. The molecule has 0 spiro atoms. The number of aryl methyl sites for hydroxylation is 1. The minimum atomic E-state index is -0.139. The first kappa shape index (κ1) is 17.9. The average molecular weight is 371 g/mol. The van der Waals surface area contributed by atoms with Crippen LogP contribution >= 0.6 is 0 Å². The standard InChI is InChI=1S/C23H21N3O2/c1-26(18-14-13-16-7-2-3-8-17(16)15-18)22(27)12-6-11-21-24-20-10-5-4-9-19(20)23(28)25-21/h2-5,7-10,13-15H,6,11-12H2,1H3,(H,24,25,28). The lowest BCUT2D eigenvalue weighted by atomic mass is 10.1. The van der Waals surface area contributed by atoms with E-state index in [2.05, 4.69) is 16.0 Å². The lowest BCUT2D eigenvalue weighted by molar-refractivity contribution is -0.118. The third kappa shape index (κ3) is 3.64. The number of nitrogens with one attached hydrogen (secondary N) is 1. The van der Waals surface area contributed by atoms with Gasteiger partial charge in [-0.2, -0.15) is 0 Å². The van der Waals surface area contributed by atoms with E-state index in [0.29, 0.717) is 36.0 Å². The Kier molecular flexibility index (Phi) is 4.89. The number of carbonyl (C=O) groups is 1. The van der Waals surface area contributed by atoms with E-state index in [0.717, 1.165) is 16.5 Å². The molecule has 4 aromatic rings. The summed E-state index contributed by atoms with van der Waals surface area (Å²) < 4.78 is 0. The summed E-state index contributed by atoms with van der Waals surface area (Å²) in [5.74, 6) is 0.656. The van der Waals surface area contributed by atoms with Crippen LogP contribution in [0.15, 0.2) is 71.5 Å². The van der Waals surface area contributed by atoms with Gasteiger partial charge in [-0.05, 0) is 41.5 Å². The van der Waals surface area contributed by atoms with Gasteiger partial charge in [-0.1, -0.05) is 42.5 Å². The van der Waals surface area contributed by atoms with E-state index in [4.69, 9.17) is 0 Å². The highest BCUT2D eigenvalue weighted by atomic mass is 16.2. The molecule has 4 rings (SSSR count). The van der Waals surface area contributed by atoms with Gasteiger partial charge in [-0.15, -0.1) is 0 Å². The van der Waals surface area contributed by atoms with E-state index in [1.165, 1.54) is 0 Å². The van der Waals surface area contributed by atoms with E-state index in [-0.39, 0.29) is 11.5 Å². The van der Waals surface area contributed by atoms with Crippen molar-refractivity contribution in [2.45, 2.75) is 19.3 Å². The molecule has 0 aliphatic carbocycles. The van der Waals surface area contributed by atoms with Crippen molar-refractivity contribution in [1.29, 1.82) is 0 Å². The topological polar surface area (TPSA) is 66.1 Å². The zero-order valence-corrected chi connectivity index (χ0v) is 15.7. The number of aromatic amines is 1. The fourth-order valence-electron chi connectivity index (χ4n) is 3.36. The second kappa shape index (κ2) is 7.64. The molecule has 3 aromatic carbocycles. The van der Waals surface area contributed by atoms with Crippen LogP contribution in [0.4, 0.5) is 5.69 Å². The largest absolute Gasteiger partial charge is 0.315 e. The minimum Gasteiger partial charge on any atom is -0.315 e. The fourth-order valence-corrected chi connectivity index (χ4v) is 3.36. The Bertz CT molecular complexity index is 1210. The molecule has 0 radical (unpaired) electrons. The summed E-state index contributed by atoms with van der Waals surface area (Å²) in [6.45, 7) is 0. The summed E-state index contributed by atoms with van der Waals surface area (Å²) in [5, 5.41) is 2.84. The van der Waals surface area contributed by atoms with Gasteiger partial charge in [0, 0.05) is 25.6 Å². The molecule has 1 N–H and O–H groups in total. The summed E-state index contributed by atoms with van der Waals surface area (Å²) >= 11 is 0. The van der Waals surface area contributed by atoms with Crippen molar-refractivity contribution in [3.05, 3.63) is 82.9 Å². The number of fused-ring (bicyclic) bond motifs is 2. The van der Waals surface area contributed by atoms with Crippen LogP contribution in [0.25, 0.3) is 21.7 Å². The Labute approximate surface area is 162 Å². The number of aromatic nitrogens is 2. The Morgan fingerprint density at radius 1 is 1.00 bits per heavy atom. The molecule has 1 aromatic heterocycles. The highest BCUT2D eigenvalue weighted by molar-refractivity contribution is 5.96. The second-order valence-corrected chi connectivity index (χ2v) is 6.87. The maximum atomic E-state index is 12.6. The zero-order valence-electron chi connectivity index (χ0n) is 15.7. The number of hydrogen-bond acceptors (Lipinski definition) is 3. The lowest BCUT2D eigenvalue weighted by Crippen LogP contribution is -2.26. The van der Waals surface area contributed by atoms with Gasteiger partial charge in [0.05, 0.1) is 10.9 Å². The van der Waals surface area contributed by atoms with Gasteiger partial charge >= 0.3 is 0 Å². The van der Waals surface area contributed by atoms with Crippen molar-refractivity contribution >= 4 is 33.3 Å².